The van der Waals surface area contributed by atoms with Crippen LogP contribution >= 0.6 is 0 Å². The molecule has 3 N–H and O–H groups in total. The molecule has 2 atom stereocenters. The molecule has 0 amide bonds. The number of rotatable bonds is 25. The molecule has 34 heavy (non-hydrogen) atoms. The molecule has 0 bridgehead atoms. The fraction of sp³-hybridized carbons (Fsp3) is 0.900. The Balaban J connectivity index is 3.80. The van der Waals surface area contributed by atoms with Crippen LogP contribution in [0.2, 0.25) is 0 Å². The average Bonchev–Trinajstić information content (AvgIpc) is 2.75. The van der Waals surface area contributed by atoms with Gasteiger partial charge in [-0.25, -0.2) is 0 Å². The number of hydrogen-bond acceptors (Lipinski definition) is 10. The number of halogens is 4. The number of aliphatic hydroxyl groups excluding tert-OH is 3. The molecule has 0 aliphatic carbocycles. The first-order chi connectivity index (χ1) is 16.1. The molecule has 0 aliphatic heterocycles. The Hall–Kier alpha value is -0.940. The highest BCUT2D eigenvalue weighted by Crippen LogP contribution is 2.27. The molecule has 14 heteroatoms. The fourth-order valence-electron chi connectivity index (χ4n) is 2.15. The second-order valence-electron chi connectivity index (χ2n) is 6.93. The Morgan fingerprint density at radius 3 is 1.88 bits per heavy atom. The van der Waals surface area contributed by atoms with Crippen LogP contribution in [-0.4, -0.2) is 119 Å². The lowest BCUT2D eigenvalue weighted by Gasteiger charge is -2.24. The molecular weight excluding hydrogens is 476 g/mol. The number of aliphatic hydroxyl groups is 3. The lowest BCUT2D eigenvalue weighted by Crippen LogP contribution is -2.40. The van der Waals surface area contributed by atoms with Crippen LogP contribution in [0.15, 0.2) is 12.7 Å². The summed E-state index contributed by atoms with van der Waals surface area (Å²) in [5.74, 6) is 0. The summed E-state index contributed by atoms with van der Waals surface area (Å²) in [5.41, 5.74) is 0. The lowest BCUT2D eigenvalue weighted by atomic mass is 10.3. The van der Waals surface area contributed by atoms with Gasteiger partial charge in [0.2, 0.25) is 0 Å². The van der Waals surface area contributed by atoms with E-state index in [-0.39, 0.29) is 59.3 Å². The molecule has 0 aromatic rings. The molecule has 0 radical (unpaired) electrons. The molecule has 0 aromatic heterocycles. The van der Waals surface area contributed by atoms with Gasteiger partial charge in [-0.15, -0.1) is 6.58 Å². The third-order valence-electron chi connectivity index (χ3n) is 3.66. The number of ether oxygens (including phenoxy) is 7. The predicted octanol–water partition coefficient (Wildman–Crippen LogP) is 0.926. The molecule has 0 aliphatic rings. The van der Waals surface area contributed by atoms with Gasteiger partial charge in [-0.2, -0.15) is 17.6 Å². The van der Waals surface area contributed by atoms with Crippen molar-refractivity contribution in [3.8, 4) is 0 Å². The second kappa shape index (κ2) is 20.3. The van der Waals surface area contributed by atoms with Crippen molar-refractivity contribution in [2.24, 2.45) is 0 Å². The molecule has 2 unspecified atom stereocenters. The summed E-state index contributed by atoms with van der Waals surface area (Å²) in [6.45, 7) is 0.0381. The zero-order valence-electron chi connectivity index (χ0n) is 19.0. The van der Waals surface area contributed by atoms with E-state index in [2.05, 4.69) is 20.8 Å². The highest BCUT2D eigenvalue weighted by molar-refractivity contribution is 4.64. The Labute approximate surface area is 196 Å². The first-order valence-corrected chi connectivity index (χ1v) is 10.6. The van der Waals surface area contributed by atoms with Gasteiger partial charge in [-0.3, -0.25) is 4.74 Å². The van der Waals surface area contributed by atoms with E-state index in [1.807, 2.05) is 0 Å². The summed E-state index contributed by atoms with van der Waals surface area (Å²) in [5, 5.41) is 27.7. The minimum Gasteiger partial charge on any atom is -0.394 e. The maximum absolute atomic E-state index is 13.5. The van der Waals surface area contributed by atoms with Crippen molar-refractivity contribution in [3.63, 3.8) is 0 Å². The van der Waals surface area contributed by atoms with E-state index in [0.717, 1.165) is 0 Å². The van der Waals surface area contributed by atoms with Crippen molar-refractivity contribution in [1.29, 1.82) is 0 Å². The molecule has 10 nitrogen and oxygen atoms in total. The summed E-state index contributed by atoms with van der Waals surface area (Å²) in [6, 6.07) is 0. The van der Waals surface area contributed by atoms with Gasteiger partial charge < -0.3 is 43.7 Å². The Morgan fingerprint density at radius 2 is 1.26 bits per heavy atom. The van der Waals surface area contributed by atoms with Gasteiger partial charge in [0.05, 0.1) is 58.5 Å². The van der Waals surface area contributed by atoms with Crippen LogP contribution in [-0.2, 0) is 33.2 Å². The largest absolute Gasteiger partial charge is 0.394 e. The minimum atomic E-state index is -4.31. The molecule has 0 saturated carbocycles. The fourth-order valence-corrected chi connectivity index (χ4v) is 2.15. The van der Waals surface area contributed by atoms with E-state index in [0.29, 0.717) is 6.42 Å². The van der Waals surface area contributed by atoms with Gasteiger partial charge in [-0.1, -0.05) is 6.08 Å². The Bertz CT molecular complexity index is 488. The van der Waals surface area contributed by atoms with Gasteiger partial charge >= 0.3 is 12.2 Å². The molecular formula is C20H36F4O10. The van der Waals surface area contributed by atoms with Crippen LogP contribution in [0, 0.1) is 0 Å². The summed E-state index contributed by atoms with van der Waals surface area (Å²) in [6.07, 6.45) is -8.61. The van der Waals surface area contributed by atoms with Crippen LogP contribution in [0.1, 0.15) is 12.8 Å². The zero-order chi connectivity index (χ0) is 25.7. The van der Waals surface area contributed by atoms with E-state index in [4.69, 9.17) is 24.1 Å². The molecule has 0 saturated heterocycles. The maximum Gasteiger partial charge on any atom is 0.383 e. The third kappa shape index (κ3) is 21.6. The van der Waals surface area contributed by atoms with Crippen molar-refractivity contribution < 1.29 is 66.0 Å². The average molecular weight is 512 g/mol. The van der Waals surface area contributed by atoms with E-state index < -0.39 is 51.0 Å². The minimum absolute atomic E-state index is 0.00408. The lowest BCUT2D eigenvalue weighted by molar-refractivity contribution is -0.396. The molecule has 0 spiro atoms. The topological polar surface area (TPSA) is 125 Å². The molecule has 0 rings (SSSR count). The molecule has 0 heterocycles. The van der Waals surface area contributed by atoms with Crippen LogP contribution < -0.4 is 0 Å². The number of hydrogen-bond donors (Lipinski definition) is 3. The van der Waals surface area contributed by atoms with Gasteiger partial charge in [0.1, 0.15) is 20.0 Å². The summed E-state index contributed by atoms with van der Waals surface area (Å²) < 4.78 is 86.6. The van der Waals surface area contributed by atoms with Crippen molar-refractivity contribution in [3.05, 3.63) is 12.7 Å². The third-order valence-corrected chi connectivity index (χ3v) is 3.66. The van der Waals surface area contributed by atoms with E-state index in [9.17, 15) is 27.8 Å². The SMILES string of the molecule is C=CCOCCC(O)COCC(F)(F)OC(F)(F)COCOCCOCC(O)CCOCCO. The predicted molar refractivity (Wildman–Crippen MR) is 110 cm³/mol. The van der Waals surface area contributed by atoms with Crippen molar-refractivity contribution >= 4 is 0 Å². The quantitative estimate of drug-likeness (QED) is 0.0704. The number of alkyl halides is 4. The van der Waals surface area contributed by atoms with Gasteiger partial charge in [0.25, 0.3) is 0 Å². The monoisotopic (exact) mass is 512 g/mol. The van der Waals surface area contributed by atoms with Crippen molar-refractivity contribution in [2.45, 2.75) is 37.3 Å². The maximum atomic E-state index is 13.5. The first-order valence-electron chi connectivity index (χ1n) is 10.6. The molecule has 0 aromatic carbocycles. The summed E-state index contributed by atoms with van der Waals surface area (Å²) in [4.78, 5) is 0. The Kier molecular flexibility index (Phi) is 19.7. The van der Waals surface area contributed by atoms with E-state index in [1.54, 1.807) is 0 Å². The molecule has 204 valence electrons. The van der Waals surface area contributed by atoms with Crippen molar-refractivity contribution in [1.82, 2.24) is 0 Å². The van der Waals surface area contributed by atoms with Gasteiger partial charge in [0.15, 0.2) is 0 Å². The highest BCUT2D eigenvalue weighted by Gasteiger charge is 2.44. The van der Waals surface area contributed by atoms with Crippen LogP contribution in [0.3, 0.4) is 0 Å². The van der Waals surface area contributed by atoms with Crippen LogP contribution in [0.4, 0.5) is 17.6 Å². The smallest absolute Gasteiger partial charge is 0.383 e. The first kappa shape index (κ1) is 33.1. The van der Waals surface area contributed by atoms with Crippen LogP contribution in [0.25, 0.3) is 0 Å². The van der Waals surface area contributed by atoms with Crippen molar-refractivity contribution in [2.75, 3.05) is 79.5 Å². The summed E-state index contributed by atoms with van der Waals surface area (Å²) >= 11 is 0. The van der Waals surface area contributed by atoms with E-state index >= 15 is 0 Å². The molecule has 0 fully saturated rings. The normalized spacial score (nSPS) is 14.3. The summed E-state index contributed by atoms with van der Waals surface area (Å²) in [7, 11) is 0. The van der Waals surface area contributed by atoms with Crippen LogP contribution in [0.5, 0.6) is 0 Å². The second-order valence-corrected chi connectivity index (χ2v) is 6.93. The Morgan fingerprint density at radius 1 is 0.706 bits per heavy atom. The van der Waals surface area contributed by atoms with Gasteiger partial charge in [0, 0.05) is 13.2 Å². The highest BCUT2D eigenvalue weighted by atomic mass is 19.3. The van der Waals surface area contributed by atoms with Gasteiger partial charge in [-0.05, 0) is 12.8 Å². The zero-order valence-corrected chi connectivity index (χ0v) is 19.0. The standard InChI is InChI=1S/C20H36F4O10/c1-2-6-28-7-3-18(27)13-32-14-19(21,22)34-20(23,24)15-33-16-31-11-10-30-12-17(26)4-8-29-9-5-25/h2,17-18,25-27H,1,3-16H2. The van der Waals surface area contributed by atoms with E-state index in [1.165, 1.54) is 6.08 Å².